The molecule has 3 aromatic heterocycles. The fraction of sp³-hybridized carbons (Fsp3) is 0.294. The highest BCUT2D eigenvalue weighted by Crippen LogP contribution is 2.31. The first-order valence-electron chi connectivity index (χ1n) is 8.11. The van der Waals surface area contributed by atoms with Crippen LogP contribution in [0.3, 0.4) is 0 Å². The number of rotatable bonds is 3. The van der Waals surface area contributed by atoms with Crippen molar-refractivity contribution in [3.05, 3.63) is 58.8 Å². The monoisotopic (exact) mass is 356 g/mol. The number of fused-ring (bicyclic) bond motifs is 1. The first-order valence-corrected chi connectivity index (χ1v) is 8.49. The van der Waals surface area contributed by atoms with Gasteiger partial charge in [-0.1, -0.05) is 17.7 Å². The molecule has 0 spiro atoms. The number of nitrogens with zero attached hydrogens (tertiary/aromatic N) is 5. The summed E-state index contributed by atoms with van der Waals surface area (Å²) in [6.45, 7) is 0. The van der Waals surface area contributed by atoms with Gasteiger partial charge in [-0.25, -0.2) is 9.67 Å². The molecule has 1 aliphatic carbocycles. The third-order valence-corrected chi connectivity index (χ3v) is 4.91. The lowest BCUT2D eigenvalue weighted by molar-refractivity contribution is 0.0933. The fourth-order valence-electron chi connectivity index (χ4n) is 3.19. The molecule has 25 heavy (non-hydrogen) atoms. The quantitative estimate of drug-likeness (QED) is 0.782. The third kappa shape index (κ3) is 2.80. The first kappa shape index (κ1) is 15.8. The largest absolute Gasteiger partial charge is 0.345 e. The van der Waals surface area contributed by atoms with E-state index in [1.807, 2.05) is 29.1 Å². The Balaban J connectivity index is 1.61. The number of pyridine rings is 1. The molecule has 4 rings (SSSR count). The van der Waals surface area contributed by atoms with Crippen LogP contribution in [0.5, 0.6) is 0 Å². The van der Waals surface area contributed by atoms with Gasteiger partial charge in [0.2, 0.25) is 0 Å². The molecule has 3 aromatic rings. The zero-order chi connectivity index (χ0) is 17.4. The maximum absolute atomic E-state index is 12.5. The van der Waals surface area contributed by atoms with Crippen LogP contribution in [0.15, 0.2) is 36.8 Å². The van der Waals surface area contributed by atoms with Crippen molar-refractivity contribution in [1.29, 1.82) is 0 Å². The molecule has 1 aliphatic rings. The van der Waals surface area contributed by atoms with E-state index in [4.69, 9.17) is 11.6 Å². The molecule has 1 unspecified atom stereocenters. The topological polar surface area (TPSA) is 77.6 Å². The van der Waals surface area contributed by atoms with Crippen LogP contribution in [0.1, 0.15) is 40.5 Å². The Kier molecular flexibility index (Phi) is 4.01. The van der Waals surface area contributed by atoms with E-state index < -0.39 is 0 Å². The summed E-state index contributed by atoms with van der Waals surface area (Å²) < 4.78 is 3.33. The summed E-state index contributed by atoms with van der Waals surface area (Å²) in [5.74, 6) is 0.563. The Morgan fingerprint density at radius 1 is 1.32 bits per heavy atom. The Morgan fingerprint density at radius 2 is 2.20 bits per heavy atom. The van der Waals surface area contributed by atoms with Crippen molar-refractivity contribution in [2.24, 2.45) is 7.05 Å². The van der Waals surface area contributed by atoms with Gasteiger partial charge in [-0.3, -0.25) is 9.48 Å². The van der Waals surface area contributed by atoms with Gasteiger partial charge in [0.05, 0.1) is 29.7 Å². The Morgan fingerprint density at radius 3 is 2.92 bits per heavy atom. The van der Waals surface area contributed by atoms with Crippen molar-refractivity contribution >= 4 is 17.5 Å². The van der Waals surface area contributed by atoms with E-state index in [1.54, 1.807) is 13.2 Å². The van der Waals surface area contributed by atoms with Crippen molar-refractivity contribution in [3.8, 4) is 5.82 Å². The predicted octanol–water partition coefficient (Wildman–Crippen LogP) is 2.46. The molecule has 3 heterocycles. The second kappa shape index (κ2) is 6.33. The smallest absolute Gasteiger partial charge is 0.256 e. The SMILES string of the molecule is Cn1ncc(C(=O)NC2CCCc3c2cnn3-c2ccccn2)c1Cl. The molecular weight excluding hydrogens is 340 g/mol. The molecule has 1 atom stereocenters. The van der Waals surface area contributed by atoms with Crippen molar-refractivity contribution in [2.75, 3.05) is 0 Å². The highest BCUT2D eigenvalue weighted by molar-refractivity contribution is 6.32. The van der Waals surface area contributed by atoms with Crippen LogP contribution >= 0.6 is 11.6 Å². The van der Waals surface area contributed by atoms with E-state index in [0.29, 0.717) is 10.7 Å². The zero-order valence-corrected chi connectivity index (χ0v) is 14.4. The molecule has 0 bridgehead atoms. The van der Waals surface area contributed by atoms with E-state index in [0.717, 1.165) is 36.3 Å². The molecule has 0 radical (unpaired) electrons. The van der Waals surface area contributed by atoms with Gasteiger partial charge in [0.1, 0.15) is 5.15 Å². The summed E-state index contributed by atoms with van der Waals surface area (Å²) in [6, 6.07) is 5.64. The van der Waals surface area contributed by atoms with Gasteiger partial charge in [-0.05, 0) is 31.4 Å². The van der Waals surface area contributed by atoms with Gasteiger partial charge in [0.25, 0.3) is 5.91 Å². The van der Waals surface area contributed by atoms with Gasteiger partial charge in [0.15, 0.2) is 5.82 Å². The summed E-state index contributed by atoms with van der Waals surface area (Å²) in [5, 5.41) is 11.9. The molecule has 0 fully saturated rings. The second-order valence-electron chi connectivity index (χ2n) is 6.04. The summed E-state index contributed by atoms with van der Waals surface area (Å²) >= 11 is 6.12. The van der Waals surface area contributed by atoms with E-state index in [9.17, 15) is 4.79 Å². The van der Waals surface area contributed by atoms with Crippen molar-refractivity contribution < 1.29 is 4.79 Å². The number of nitrogens with one attached hydrogen (secondary N) is 1. The van der Waals surface area contributed by atoms with Crippen molar-refractivity contribution in [2.45, 2.75) is 25.3 Å². The molecule has 7 nitrogen and oxygen atoms in total. The molecule has 1 amide bonds. The first-order chi connectivity index (χ1) is 12.1. The number of aryl methyl sites for hydroxylation is 1. The maximum atomic E-state index is 12.5. The summed E-state index contributed by atoms with van der Waals surface area (Å²) in [5.41, 5.74) is 2.51. The number of halogens is 1. The van der Waals surface area contributed by atoms with Crippen LogP contribution in [0.25, 0.3) is 5.82 Å². The Labute approximate surface area is 149 Å². The van der Waals surface area contributed by atoms with Crippen LogP contribution in [-0.2, 0) is 13.5 Å². The van der Waals surface area contributed by atoms with Gasteiger partial charge >= 0.3 is 0 Å². The van der Waals surface area contributed by atoms with Gasteiger partial charge in [-0.2, -0.15) is 10.2 Å². The average Bonchev–Trinajstić information content (AvgIpc) is 3.21. The normalized spacial score (nSPS) is 16.5. The standard InChI is InChI=1S/C17H17ClN6O/c1-23-16(18)12(10-20-23)17(25)22-13-5-4-6-14-11(13)9-21-24(14)15-7-2-3-8-19-15/h2-3,7-10,13H,4-6H2,1H3,(H,22,25). The van der Waals surface area contributed by atoms with Crippen LogP contribution in [-0.4, -0.2) is 30.5 Å². The van der Waals surface area contributed by atoms with Gasteiger partial charge in [0, 0.05) is 18.8 Å². The minimum atomic E-state index is -0.221. The van der Waals surface area contributed by atoms with Crippen LogP contribution in [0, 0.1) is 0 Å². The minimum absolute atomic E-state index is 0.0926. The van der Waals surface area contributed by atoms with E-state index in [1.165, 1.54) is 10.9 Å². The molecular formula is C17H17ClN6O. The molecule has 0 saturated heterocycles. The lowest BCUT2D eigenvalue weighted by Gasteiger charge is -2.24. The van der Waals surface area contributed by atoms with Gasteiger partial charge < -0.3 is 5.32 Å². The van der Waals surface area contributed by atoms with Crippen molar-refractivity contribution in [3.63, 3.8) is 0 Å². The molecule has 0 aromatic carbocycles. The Bertz CT molecular complexity index is 917. The van der Waals surface area contributed by atoms with Crippen LogP contribution < -0.4 is 5.32 Å². The summed E-state index contributed by atoms with van der Waals surface area (Å²) in [7, 11) is 1.70. The van der Waals surface area contributed by atoms with Gasteiger partial charge in [-0.15, -0.1) is 0 Å². The lowest BCUT2D eigenvalue weighted by Crippen LogP contribution is -2.31. The Hall–Kier alpha value is -2.67. The molecule has 128 valence electrons. The summed E-state index contributed by atoms with van der Waals surface area (Å²) in [6.07, 6.45) is 7.79. The van der Waals surface area contributed by atoms with Crippen LogP contribution in [0.2, 0.25) is 5.15 Å². The van der Waals surface area contributed by atoms with E-state index in [2.05, 4.69) is 20.5 Å². The highest BCUT2D eigenvalue weighted by atomic mass is 35.5. The maximum Gasteiger partial charge on any atom is 0.256 e. The van der Waals surface area contributed by atoms with Crippen molar-refractivity contribution in [1.82, 2.24) is 29.9 Å². The molecule has 8 heteroatoms. The number of hydrogen-bond donors (Lipinski definition) is 1. The molecule has 1 N–H and O–H groups in total. The number of carbonyl (C=O) groups excluding carboxylic acids is 1. The van der Waals surface area contributed by atoms with E-state index in [-0.39, 0.29) is 11.9 Å². The third-order valence-electron chi connectivity index (χ3n) is 4.47. The van der Waals surface area contributed by atoms with E-state index >= 15 is 0 Å². The minimum Gasteiger partial charge on any atom is -0.345 e. The lowest BCUT2D eigenvalue weighted by atomic mass is 9.92. The zero-order valence-electron chi connectivity index (χ0n) is 13.7. The number of aromatic nitrogens is 5. The number of amides is 1. The molecule has 0 aliphatic heterocycles. The highest BCUT2D eigenvalue weighted by Gasteiger charge is 2.27. The number of carbonyl (C=O) groups is 1. The fourth-order valence-corrected chi connectivity index (χ4v) is 3.37. The second-order valence-corrected chi connectivity index (χ2v) is 6.40. The molecule has 0 saturated carbocycles. The average molecular weight is 357 g/mol. The van der Waals surface area contributed by atoms with Crippen LogP contribution in [0.4, 0.5) is 0 Å². The summed E-state index contributed by atoms with van der Waals surface area (Å²) in [4.78, 5) is 16.9. The predicted molar refractivity (Wildman–Crippen MR) is 92.7 cm³/mol. The number of hydrogen-bond acceptors (Lipinski definition) is 4.